The fraction of sp³-hybridized carbons (Fsp3) is 0.400. The SMILES string of the molecule is Cc1nn(Cc2cc(F)ccc2Br)c(C)c1CC(C)N. The number of nitrogens with two attached hydrogens (primary N) is 1. The minimum atomic E-state index is -0.236. The molecule has 5 heteroatoms. The number of nitrogens with zero attached hydrogens (tertiary/aromatic N) is 2. The molecule has 2 aromatic rings. The van der Waals surface area contributed by atoms with Gasteiger partial charge in [-0.1, -0.05) is 15.9 Å². The molecule has 0 aliphatic heterocycles. The summed E-state index contributed by atoms with van der Waals surface area (Å²) in [6, 6.07) is 4.80. The Morgan fingerprint density at radius 2 is 2.10 bits per heavy atom. The number of hydrogen-bond donors (Lipinski definition) is 1. The maximum atomic E-state index is 13.3. The zero-order valence-electron chi connectivity index (χ0n) is 12.0. The van der Waals surface area contributed by atoms with Gasteiger partial charge in [0.1, 0.15) is 5.82 Å². The summed E-state index contributed by atoms with van der Waals surface area (Å²) >= 11 is 3.45. The van der Waals surface area contributed by atoms with E-state index >= 15 is 0 Å². The summed E-state index contributed by atoms with van der Waals surface area (Å²) in [6.07, 6.45) is 0.808. The molecule has 0 bridgehead atoms. The Morgan fingerprint density at radius 3 is 2.75 bits per heavy atom. The molecule has 1 aromatic carbocycles. The van der Waals surface area contributed by atoms with Crippen LogP contribution in [0.15, 0.2) is 22.7 Å². The zero-order valence-corrected chi connectivity index (χ0v) is 13.5. The van der Waals surface area contributed by atoms with Crippen molar-refractivity contribution in [1.29, 1.82) is 0 Å². The van der Waals surface area contributed by atoms with Gasteiger partial charge in [0.2, 0.25) is 0 Å². The van der Waals surface area contributed by atoms with Crippen LogP contribution in [0.1, 0.15) is 29.4 Å². The predicted octanol–water partition coefficient (Wildman–Crippen LogP) is 3.34. The molecule has 108 valence electrons. The molecule has 2 N–H and O–H groups in total. The smallest absolute Gasteiger partial charge is 0.123 e. The number of aromatic nitrogens is 2. The van der Waals surface area contributed by atoms with Gasteiger partial charge in [-0.3, -0.25) is 4.68 Å². The van der Waals surface area contributed by atoms with Crippen molar-refractivity contribution in [2.24, 2.45) is 5.73 Å². The van der Waals surface area contributed by atoms with Crippen LogP contribution in [0.2, 0.25) is 0 Å². The van der Waals surface area contributed by atoms with Crippen LogP contribution in [0, 0.1) is 19.7 Å². The summed E-state index contributed by atoms with van der Waals surface area (Å²) in [6.45, 7) is 6.55. The average Bonchev–Trinajstić information content (AvgIpc) is 2.61. The highest BCUT2D eigenvalue weighted by Crippen LogP contribution is 2.21. The van der Waals surface area contributed by atoms with E-state index in [1.54, 1.807) is 6.07 Å². The molecule has 2 rings (SSSR count). The lowest BCUT2D eigenvalue weighted by Crippen LogP contribution is -2.18. The summed E-state index contributed by atoms with van der Waals surface area (Å²) in [7, 11) is 0. The number of aryl methyl sites for hydroxylation is 1. The van der Waals surface area contributed by atoms with Crippen molar-refractivity contribution in [2.75, 3.05) is 0 Å². The Labute approximate surface area is 127 Å². The van der Waals surface area contributed by atoms with Crippen LogP contribution in [0.5, 0.6) is 0 Å². The standard InChI is InChI=1S/C15H19BrFN3/c1-9(18)6-14-10(2)19-20(11(14)3)8-12-7-13(17)4-5-15(12)16/h4-5,7,9H,6,8,18H2,1-3H3. The molecule has 0 spiro atoms. The fourth-order valence-corrected chi connectivity index (χ4v) is 2.70. The second-order valence-electron chi connectivity index (χ2n) is 5.22. The predicted molar refractivity (Wildman–Crippen MR) is 82.3 cm³/mol. The van der Waals surface area contributed by atoms with Crippen LogP contribution in [0.25, 0.3) is 0 Å². The van der Waals surface area contributed by atoms with Gasteiger partial charge >= 0.3 is 0 Å². The molecule has 0 aliphatic rings. The van der Waals surface area contributed by atoms with Gasteiger partial charge in [0.15, 0.2) is 0 Å². The van der Waals surface area contributed by atoms with Crippen LogP contribution in [0.4, 0.5) is 4.39 Å². The third-order valence-corrected chi connectivity index (χ3v) is 4.16. The van der Waals surface area contributed by atoms with E-state index in [0.717, 1.165) is 27.8 Å². The van der Waals surface area contributed by atoms with E-state index in [2.05, 4.69) is 21.0 Å². The summed E-state index contributed by atoms with van der Waals surface area (Å²) in [5.74, 6) is -0.236. The van der Waals surface area contributed by atoms with Gasteiger partial charge in [-0.05, 0) is 56.5 Å². The first-order chi connectivity index (χ1) is 9.38. The first-order valence-electron chi connectivity index (χ1n) is 6.61. The molecule has 0 aliphatic carbocycles. The first kappa shape index (κ1) is 15.2. The molecule has 0 amide bonds. The molecule has 0 saturated heterocycles. The van der Waals surface area contributed by atoms with E-state index in [9.17, 15) is 4.39 Å². The summed E-state index contributed by atoms with van der Waals surface area (Å²) in [5, 5.41) is 4.55. The zero-order chi connectivity index (χ0) is 14.9. The van der Waals surface area contributed by atoms with E-state index in [0.29, 0.717) is 6.54 Å². The number of halogens is 2. The molecule has 0 radical (unpaired) electrons. The summed E-state index contributed by atoms with van der Waals surface area (Å²) < 4.78 is 16.1. The Hall–Kier alpha value is -1.20. The second-order valence-corrected chi connectivity index (χ2v) is 6.08. The van der Waals surface area contributed by atoms with Crippen molar-refractivity contribution in [2.45, 2.75) is 39.8 Å². The minimum absolute atomic E-state index is 0.103. The van der Waals surface area contributed by atoms with Crippen LogP contribution in [-0.4, -0.2) is 15.8 Å². The first-order valence-corrected chi connectivity index (χ1v) is 7.40. The van der Waals surface area contributed by atoms with Gasteiger partial charge in [0.05, 0.1) is 12.2 Å². The molecule has 0 fully saturated rings. The highest BCUT2D eigenvalue weighted by molar-refractivity contribution is 9.10. The Morgan fingerprint density at radius 1 is 1.40 bits per heavy atom. The molecule has 1 heterocycles. The van der Waals surface area contributed by atoms with Crippen molar-refractivity contribution in [3.63, 3.8) is 0 Å². The van der Waals surface area contributed by atoms with E-state index in [1.165, 1.54) is 17.7 Å². The molecular weight excluding hydrogens is 321 g/mol. The Bertz CT molecular complexity index is 620. The number of rotatable bonds is 4. The van der Waals surface area contributed by atoms with Crippen molar-refractivity contribution >= 4 is 15.9 Å². The third kappa shape index (κ3) is 3.27. The second kappa shape index (κ2) is 6.06. The molecule has 1 atom stereocenters. The lowest BCUT2D eigenvalue weighted by molar-refractivity contribution is 0.614. The topological polar surface area (TPSA) is 43.8 Å². The van der Waals surface area contributed by atoms with Gasteiger partial charge in [-0.2, -0.15) is 5.10 Å². The Kier molecular flexibility index (Phi) is 4.60. The summed E-state index contributed by atoms with van der Waals surface area (Å²) in [5.41, 5.74) is 10.0. The van der Waals surface area contributed by atoms with Gasteiger partial charge in [-0.25, -0.2) is 4.39 Å². The lowest BCUT2D eigenvalue weighted by atomic mass is 10.1. The molecule has 20 heavy (non-hydrogen) atoms. The van der Waals surface area contributed by atoms with E-state index < -0.39 is 0 Å². The average molecular weight is 340 g/mol. The highest BCUT2D eigenvalue weighted by Gasteiger charge is 2.14. The molecule has 1 aromatic heterocycles. The maximum Gasteiger partial charge on any atom is 0.123 e. The van der Waals surface area contributed by atoms with Crippen LogP contribution in [0.3, 0.4) is 0 Å². The normalized spacial score (nSPS) is 12.7. The molecule has 3 nitrogen and oxygen atoms in total. The molecule has 0 saturated carbocycles. The van der Waals surface area contributed by atoms with Gasteiger partial charge in [0, 0.05) is 16.2 Å². The van der Waals surface area contributed by atoms with Crippen molar-refractivity contribution < 1.29 is 4.39 Å². The summed E-state index contributed by atoms with van der Waals surface area (Å²) in [4.78, 5) is 0. The van der Waals surface area contributed by atoms with Crippen LogP contribution in [-0.2, 0) is 13.0 Å². The number of hydrogen-bond acceptors (Lipinski definition) is 2. The van der Waals surface area contributed by atoms with E-state index in [1.807, 2.05) is 25.5 Å². The monoisotopic (exact) mass is 339 g/mol. The van der Waals surface area contributed by atoms with E-state index in [-0.39, 0.29) is 11.9 Å². The van der Waals surface area contributed by atoms with E-state index in [4.69, 9.17) is 5.73 Å². The largest absolute Gasteiger partial charge is 0.328 e. The van der Waals surface area contributed by atoms with Crippen LogP contribution >= 0.6 is 15.9 Å². The molecular formula is C15H19BrFN3. The van der Waals surface area contributed by atoms with Gasteiger partial charge in [0.25, 0.3) is 0 Å². The lowest BCUT2D eigenvalue weighted by Gasteiger charge is -2.09. The minimum Gasteiger partial charge on any atom is -0.328 e. The van der Waals surface area contributed by atoms with Crippen molar-refractivity contribution in [1.82, 2.24) is 9.78 Å². The fourth-order valence-electron chi connectivity index (χ4n) is 2.33. The van der Waals surface area contributed by atoms with Crippen molar-refractivity contribution in [3.8, 4) is 0 Å². The highest BCUT2D eigenvalue weighted by atomic mass is 79.9. The van der Waals surface area contributed by atoms with Gasteiger partial charge < -0.3 is 5.73 Å². The maximum absolute atomic E-state index is 13.3. The molecule has 1 unspecified atom stereocenters. The van der Waals surface area contributed by atoms with Crippen LogP contribution < -0.4 is 5.73 Å². The van der Waals surface area contributed by atoms with Crippen molar-refractivity contribution in [3.05, 3.63) is 51.0 Å². The Balaban J connectivity index is 2.32. The third-order valence-electron chi connectivity index (χ3n) is 3.39. The van der Waals surface area contributed by atoms with Gasteiger partial charge in [-0.15, -0.1) is 0 Å². The number of benzene rings is 1. The quantitative estimate of drug-likeness (QED) is 0.928.